The van der Waals surface area contributed by atoms with Gasteiger partial charge in [-0.2, -0.15) is 8.78 Å². The monoisotopic (exact) mass is 321 g/mol. The van der Waals surface area contributed by atoms with E-state index >= 15 is 0 Å². The van der Waals surface area contributed by atoms with Crippen molar-refractivity contribution in [3.05, 3.63) is 41.7 Å². The number of nitrogens with zero attached hydrogens (tertiary/aromatic N) is 1. The molecule has 2 nitrogen and oxygen atoms in total. The van der Waals surface area contributed by atoms with Gasteiger partial charge in [0.15, 0.2) is 0 Å². The van der Waals surface area contributed by atoms with Gasteiger partial charge >= 0.3 is 6.43 Å². The maximum atomic E-state index is 13.7. The average Bonchev–Trinajstić information content (AvgIpc) is 2.34. The first-order valence-corrected chi connectivity index (χ1v) is 6.08. The van der Waals surface area contributed by atoms with E-state index in [4.69, 9.17) is 4.74 Å². The van der Waals surface area contributed by atoms with Crippen LogP contribution in [-0.2, 0) is 10.1 Å². The third kappa shape index (κ3) is 3.60. The standard InChI is InChI=1S/C12H11BrF3NO/c1-7(18-12(17-2)11(15)16)9-4-3-8(6-13)5-10(9)14/h3-5,11H,1,6H2,2H3. The van der Waals surface area contributed by atoms with Crippen LogP contribution in [0.3, 0.4) is 0 Å². The maximum Gasteiger partial charge on any atom is 0.312 e. The molecule has 0 bridgehead atoms. The molecule has 98 valence electrons. The van der Waals surface area contributed by atoms with Gasteiger partial charge in [-0.05, 0) is 17.7 Å². The number of ether oxygens (including phenoxy) is 1. The topological polar surface area (TPSA) is 21.6 Å². The van der Waals surface area contributed by atoms with Crippen LogP contribution in [0.25, 0.3) is 5.76 Å². The minimum absolute atomic E-state index is 0.0292. The van der Waals surface area contributed by atoms with E-state index in [9.17, 15) is 13.2 Å². The molecule has 0 saturated carbocycles. The van der Waals surface area contributed by atoms with Gasteiger partial charge in [-0.1, -0.05) is 28.6 Å². The Kier molecular flexibility index (Phi) is 5.40. The van der Waals surface area contributed by atoms with Gasteiger partial charge in [0.05, 0.1) is 5.56 Å². The fourth-order valence-corrected chi connectivity index (χ4v) is 1.59. The van der Waals surface area contributed by atoms with E-state index in [1.807, 2.05) is 0 Å². The molecule has 0 fully saturated rings. The Bertz CT molecular complexity index is 474. The number of hydrogen-bond acceptors (Lipinski definition) is 2. The number of aliphatic imine (C=N–C) groups is 1. The lowest BCUT2D eigenvalue weighted by molar-refractivity contribution is 0.196. The normalized spacial score (nSPS) is 11.8. The highest BCUT2D eigenvalue weighted by molar-refractivity contribution is 9.08. The van der Waals surface area contributed by atoms with Crippen molar-refractivity contribution in [3.63, 3.8) is 0 Å². The molecular weight excluding hydrogens is 311 g/mol. The van der Waals surface area contributed by atoms with Crippen LogP contribution in [0.15, 0.2) is 29.8 Å². The third-order valence-corrected chi connectivity index (χ3v) is 2.77. The Hall–Kier alpha value is -1.30. The van der Waals surface area contributed by atoms with E-state index in [-0.39, 0.29) is 11.3 Å². The predicted octanol–water partition coefficient (Wildman–Crippen LogP) is 4.00. The SMILES string of the molecule is C=C(OC(=NC)C(F)F)c1ccc(CBr)cc1F. The maximum absolute atomic E-state index is 13.7. The first kappa shape index (κ1) is 14.8. The van der Waals surface area contributed by atoms with Gasteiger partial charge in [0, 0.05) is 12.4 Å². The minimum Gasteiger partial charge on any atom is -0.438 e. The Morgan fingerprint density at radius 2 is 2.17 bits per heavy atom. The molecule has 0 saturated heterocycles. The summed E-state index contributed by atoms with van der Waals surface area (Å²) in [5.41, 5.74) is 0.754. The summed E-state index contributed by atoms with van der Waals surface area (Å²) in [6, 6.07) is 4.35. The van der Waals surface area contributed by atoms with Crippen LogP contribution in [0.1, 0.15) is 11.1 Å². The van der Waals surface area contributed by atoms with Gasteiger partial charge < -0.3 is 4.74 Å². The van der Waals surface area contributed by atoms with Gasteiger partial charge in [0.25, 0.3) is 5.90 Å². The number of hydrogen-bond donors (Lipinski definition) is 0. The van der Waals surface area contributed by atoms with E-state index < -0.39 is 18.1 Å². The zero-order valence-corrected chi connectivity index (χ0v) is 11.2. The summed E-state index contributed by atoms with van der Waals surface area (Å²) in [7, 11) is 1.17. The van der Waals surface area contributed by atoms with Crippen LogP contribution in [0.5, 0.6) is 0 Å². The van der Waals surface area contributed by atoms with Crippen molar-refractivity contribution in [1.29, 1.82) is 0 Å². The van der Waals surface area contributed by atoms with Crippen molar-refractivity contribution < 1.29 is 17.9 Å². The van der Waals surface area contributed by atoms with E-state index in [1.54, 1.807) is 6.07 Å². The molecule has 0 aliphatic rings. The Labute approximate surface area is 111 Å². The van der Waals surface area contributed by atoms with E-state index in [2.05, 4.69) is 27.5 Å². The van der Waals surface area contributed by atoms with Crippen LogP contribution < -0.4 is 0 Å². The lowest BCUT2D eigenvalue weighted by Gasteiger charge is -2.11. The van der Waals surface area contributed by atoms with Gasteiger partial charge in [-0.15, -0.1) is 0 Å². The molecule has 18 heavy (non-hydrogen) atoms. The molecule has 0 amide bonds. The summed E-state index contributed by atoms with van der Waals surface area (Å²) in [5, 5.41) is 0.496. The molecule has 0 N–H and O–H groups in total. The Balaban J connectivity index is 2.91. The lowest BCUT2D eigenvalue weighted by Crippen LogP contribution is -2.14. The first-order chi connectivity index (χ1) is 8.49. The highest BCUT2D eigenvalue weighted by Crippen LogP contribution is 2.21. The Morgan fingerprint density at radius 1 is 1.50 bits per heavy atom. The molecular formula is C12H11BrF3NO. The van der Waals surface area contributed by atoms with E-state index in [1.165, 1.54) is 19.2 Å². The summed E-state index contributed by atoms with van der Waals surface area (Å²) in [6.45, 7) is 3.42. The summed E-state index contributed by atoms with van der Waals surface area (Å²) < 4.78 is 43.2. The third-order valence-electron chi connectivity index (χ3n) is 2.12. The van der Waals surface area contributed by atoms with E-state index in [0.717, 1.165) is 5.56 Å². The number of benzene rings is 1. The van der Waals surface area contributed by atoms with Gasteiger partial charge in [0.1, 0.15) is 11.6 Å². The van der Waals surface area contributed by atoms with Crippen molar-refractivity contribution in [3.8, 4) is 0 Å². The number of halogens is 4. The number of rotatable bonds is 4. The number of alkyl halides is 3. The quantitative estimate of drug-likeness (QED) is 0.355. The fraction of sp³-hybridized carbons (Fsp3) is 0.250. The van der Waals surface area contributed by atoms with Crippen LogP contribution in [-0.4, -0.2) is 19.4 Å². The summed E-state index contributed by atoms with van der Waals surface area (Å²) in [6.07, 6.45) is -2.86. The molecule has 0 aliphatic carbocycles. The lowest BCUT2D eigenvalue weighted by atomic mass is 10.1. The molecule has 0 radical (unpaired) electrons. The second-order valence-electron chi connectivity index (χ2n) is 3.34. The molecule has 0 unspecified atom stereocenters. The molecule has 0 aliphatic heterocycles. The van der Waals surface area contributed by atoms with Crippen LogP contribution in [0.4, 0.5) is 13.2 Å². The second kappa shape index (κ2) is 6.58. The van der Waals surface area contributed by atoms with Crippen LogP contribution >= 0.6 is 15.9 Å². The van der Waals surface area contributed by atoms with Crippen molar-refractivity contribution >= 4 is 27.6 Å². The smallest absolute Gasteiger partial charge is 0.312 e. The van der Waals surface area contributed by atoms with Crippen molar-refractivity contribution in [1.82, 2.24) is 0 Å². The highest BCUT2D eigenvalue weighted by Gasteiger charge is 2.17. The fourth-order valence-electron chi connectivity index (χ4n) is 1.24. The molecule has 1 aromatic carbocycles. The van der Waals surface area contributed by atoms with E-state index in [0.29, 0.717) is 5.33 Å². The van der Waals surface area contributed by atoms with Gasteiger partial charge in [-0.25, -0.2) is 4.39 Å². The molecule has 1 rings (SSSR count). The van der Waals surface area contributed by atoms with Crippen LogP contribution in [0, 0.1) is 5.82 Å². The zero-order valence-electron chi connectivity index (χ0n) is 9.59. The largest absolute Gasteiger partial charge is 0.438 e. The van der Waals surface area contributed by atoms with Crippen molar-refractivity contribution in [2.75, 3.05) is 7.05 Å². The highest BCUT2D eigenvalue weighted by atomic mass is 79.9. The molecule has 1 aromatic rings. The molecule has 6 heteroatoms. The summed E-state index contributed by atoms with van der Waals surface area (Å²) >= 11 is 3.19. The van der Waals surface area contributed by atoms with Crippen molar-refractivity contribution in [2.45, 2.75) is 11.8 Å². The summed E-state index contributed by atoms with van der Waals surface area (Å²) in [4.78, 5) is 3.27. The van der Waals surface area contributed by atoms with Crippen molar-refractivity contribution in [2.24, 2.45) is 4.99 Å². The molecule has 0 heterocycles. The zero-order chi connectivity index (χ0) is 13.7. The summed E-state index contributed by atoms with van der Waals surface area (Å²) in [5.74, 6) is -1.57. The van der Waals surface area contributed by atoms with Crippen LogP contribution in [0.2, 0.25) is 0 Å². The average molecular weight is 322 g/mol. The molecule has 0 spiro atoms. The predicted molar refractivity (Wildman–Crippen MR) is 68.5 cm³/mol. The second-order valence-corrected chi connectivity index (χ2v) is 3.90. The molecule has 0 atom stereocenters. The van der Waals surface area contributed by atoms with Gasteiger partial charge in [-0.3, -0.25) is 4.99 Å². The first-order valence-electron chi connectivity index (χ1n) is 4.96. The minimum atomic E-state index is -2.86. The Morgan fingerprint density at radius 3 is 2.61 bits per heavy atom. The van der Waals surface area contributed by atoms with Gasteiger partial charge in [0.2, 0.25) is 0 Å². The molecule has 0 aromatic heterocycles.